The van der Waals surface area contributed by atoms with E-state index in [0.717, 1.165) is 0 Å². The smallest absolute Gasteiger partial charge is 0.368 e. The topological polar surface area (TPSA) is 69.5 Å². The van der Waals surface area contributed by atoms with Gasteiger partial charge in [-0.1, -0.05) is 22.6 Å². The zero-order valence-corrected chi connectivity index (χ0v) is 7.65. The first-order chi connectivity index (χ1) is 5.24. The van der Waals surface area contributed by atoms with Gasteiger partial charge in [-0.15, -0.1) is 0 Å². The summed E-state index contributed by atoms with van der Waals surface area (Å²) in [7, 11) is 0. The van der Waals surface area contributed by atoms with E-state index in [1.807, 2.05) is 22.6 Å². The molecule has 0 fully saturated rings. The normalized spacial score (nSPS) is 17.7. The number of hydrogen-bond donors (Lipinski definition) is 1. The van der Waals surface area contributed by atoms with Crippen LogP contribution < -0.4 is 11.1 Å². The van der Waals surface area contributed by atoms with Crippen LogP contribution in [-0.2, 0) is 0 Å². The molecule has 0 aromatic heterocycles. The minimum absolute atomic E-state index is 0.220. The number of urea groups is 1. The fourth-order valence-electron chi connectivity index (χ4n) is 0.584. The lowest BCUT2D eigenvalue weighted by Crippen LogP contribution is -2.23. The van der Waals surface area contributed by atoms with E-state index in [1.165, 1.54) is 6.20 Å². The number of carbonyl (C=O) groups excluding carboxylic acids is 1. The van der Waals surface area contributed by atoms with E-state index < -0.39 is 6.03 Å². The largest absolute Gasteiger partial charge is 0.383 e. The van der Waals surface area contributed by atoms with Crippen molar-refractivity contribution in [1.29, 1.82) is 0 Å². The van der Waals surface area contributed by atoms with Crippen molar-refractivity contribution in [2.45, 2.75) is 0 Å². The fraction of sp³-hybridized carbons (Fsp3) is 0. The molecule has 57 valence electrons. The maximum Gasteiger partial charge on any atom is 0.368 e. The number of nitrogens with zero attached hydrogens (tertiary/aromatic N) is 2. The highest BCUT2D eigenvalue weighted by Crippen LogP contribution is 2.03. The number of hydrogen-bond acceptors (Lipinski definition) is 2. The van der Waals surface area contributed by atoms with Gasteiger partial charge in [0.2, 0.25) is 0 Å². The molecule has 0 saturated heterocycles. The average molecular weight is 262 g/mol. The molecule has 0 aromatic carbocycles. The highest BCUT2D eigenvalue weighted by molar-refractivity contribution is 14.1. The van der Waals surface area contributed by atoms with Crippen LogP contribution in [0.1, 0.15) is 0 Å². The predicted molar refractivity (Wildman–Crippen MR) is 50.4 cm³/mol. The Morgan fingerprint density at radius 1 is 1.64 bits per heavy atom. The zero-order chi connectivity index (χ0) is 8.27. The molecule has 5 heteroatoms. The Bertz CT molecular complexity index is 267. The van der Waals surface area contributed by atoms with Gasteiger partial charge >= 0.3 is 6.03 Å². The van der Waals surface area contributed by atoms with Crippen molar-refractivity contribution in [2.75, 3.05) is 0 Å². The van der Waals surface area contributed by atoms with E-state index >= 15 is 0 Å². The molecule has 2 N–H and O–H groups in total. The first kappa shape index (κ1) is 8.25. The molecular formula is C6H5IN3O. The number of amidine groups is 1. The van der Waals surface area contributed by atoms with Crippen LogP contribution in [-0.4, -0.2) is 11.9 Å². The quantitative estimate of drug-likeness (QED) is 0.713. The molecule has 0 atom stereocenters. The summed E-state index contributed by atoms with van der Waals surface area (Å²) < 4.78 is 1.78. The maximum atomic E-state index is 10.5. The number of nitrogens with two attached hydrogens (primary N) is 1. The van der Waals surface area contributed by atoms with Crippen molar-refractivity contribution in [3.63, 3.8) is 0 Å². The molecule has 1 rings (SSSR count). The van der Waals surface area contributed by atoms with Gasteiger partial charge in [-0.25, -0.2) is 4.79 Å². The Hall–Kier alpha value is -0.850. The van der Waals surface area contributed by atoms with Crippen LogP contribution in [0.3, 0.4) is 0 Å². The molecule has 2 amide bonds. The second-order valence-electron chi connectivity index (χ2n) is 1.79. The van der Waals surface area contributed by atoms with Gasteiger partial charge < -0.3 is 5.73 Å². The average Bonchev–Trinajstić information content (AvgIpc) is 1.95. The van der Waals surface area contributed by atoms with Gasteiger partial charge in [-0.3, -0.25) is 0 Å². The summed E-state index contributed by atoms with van der Waals surface area (Å²) in [6, 6.07) is -0.548. The van der Waals surface area contributed by atoms with Crippen LogP contribution >= 0.6 is 22.6 Å². The van der Waals surface area contributed by atoms with E-state index in [4.69, 9.17) is 5.73 Å². The summed E-state index contributed by atoms with van der Waals surface area (Å²) in [6.45, 7) is 0. The van der Waals surface area contributed by atoms with Crippen LogP contribution in [0, 0.1) is 0 Å². The van der Waals surface area contributed by atoms with Gasteiger partial charge in [0.25, 0.3) is 0 Å². The highest BCUT2D eigenvalue weighted by Gasteiger charge is 2.09. The predicted octanol–water partition coefficient (Wildman–Crippen LogP) is 0.914. The van der Waals surface area contributed by atoms with Crippen molar-refractivity contribution in [1.82, 2.24) is 5.32 Å². The van der Waals surface area contributed by atoms with Gasteiger partial charge in [-0.2, -0.15) is 10.3 Å². The first-order valence-electron chi connectivity index (χ1n) is 2.80. The molecule has 0 saturated carbocycles. The first-order valence-corrected chi connectivity index (χ1v) is 4.05. The molecule has 1 aliphatic rings. The van der Waals surface area contributed by atoms with Crippen molar-refractivity contribution < 1.29 is 4.79 Å². The van der Waals surface area contributed by atoms with Crippen LogP contribution in [0.15, 0.2) is 26.9 Å². The Kier molecular flexibility index (Phi) is 2.64. The molecule has 1 aliphatic heterocycles. The molecule has 0 unspecified atom stereocenters. The van der Waals surface area contributed by atoms with Gasteiger partial charge in [0.05, 0.1) is 0 Å². The van der Waals surface area contributed by atoms with Crippen molar-refractivity contribution in [2.24, 2.45) is 10.7 Å². The molecule has 4 nitrogen and oxygen atoms in total. The summed E-state index contributed by atoms with van der Waals surface area (Å²) in [5.74, 6) is 0.220. The minimum atomic E-state index is -0.548. The van der Waals surface area contributed by atoms with Crippen LogP contribution in [0.25, 0.3) is 0 Å². The molecule has 1 heterocycles. The summed E-state index contributed by atoms with van der Waals surface area (Å²) in [6.07, 6.45) is 3.13. The second-order valence-corrected chi connectivity index (χ2v) is 2.50. The monoisotopic (exact) mass is 262 g/mol. The molecule has 0 aliphatic carbocycles. The van der Waals surface area contributed by atoms with E-state index in [0.29, 0.717) is 5.57 Å². The second kappa shape index (κ2) is 3.51. The van der Waals surface area contributed by atoms with Crippen molar-refractivity contribution in [3.05, 3.63) is 21.9 Å². The van der Waals surface area contributed by atoms with Gasteiger partial charge in [0, 0.05) is 11.8 Å². The fourth-order valence-corrected chi connectivity index (χ4v) is 0.971. The lowest BCUT2D eigenvalue weighted by molar-refractivity contribution is 0.251. The third-order valence-corrected chi connectivity index (χ3v) is 1.43. The summed E-state index contributed by atoms with van der Waals surface area (Å²) in [4.78, 5) is 14.0. The summed E-state index contributed by atoms with van der Waals surface area (Å²) in [5, 5.41) is 3.46. The van der Waals surface area contributed by atoms with E-state index in [1.54, 1.807) is 10.2 Å². The summed E-state index contributed by atoms with van der Waals surface area (Å²) >= 11 is 2.05. The van der Waals surface area contributed by atoms with Gasteiger partial charge in [-0.05, 0) is 10.2 Å². The van der Waals surface area contributed by atoms with Crippen LogP contribution in [0.4, 0.5) is 4.79 Å². The van der Waals surface area contributed by atoms with Gasteiger partial charge in [0.15, 0.2) is 0 Å². The molecular weight excluding hydrogens is 257 g/mol. The number of amides is 2. The molecule has 11 heavy (non-hydrogen) atoms. The summed E-state index contributed by atoms with van der Waals surface area (Å²) in [5.41, 5.74) is 6.07. The lowest BCUT2D eigenvalue weighted by Gasteiger charge is -2.04. The minimum Gasteiger partial charge on any atom is -0.383 e. The zero-order valence-electron chi connectivity index (χ0n) is 5.49. The van der Waals surface area contributed by atoms with E-state index in [-0.39, 0.29) is 5.84 Å². The Labute approximate surface area is 77.4 Å². The molecule has 0 aromatic rings. The third kappa shape index (κ3) is 2.04. The molecule has 0 bridgehead atoms. The van der Waals surface area contributed by atoms with Crippen LogP contribution in [0.2, 0.25) is 0 Å². The molecule has 1 radical (unpaired) electrons. The van der Waals surface area contributed by atoms with Crippen molar-refractivity contribution >= 4 is 34.5 Å². The Balaban J connectivity index is 2.85. The number of halogens is 1. The maximum absolute atomic E-state index is 10.5. The van der Waals surface area contributed by atoms with Crippen LogP contribution in [0.5, 0.6) is 0 Å². The van der Waals surface area contributed by atoms with E-state index in [2.05, 4.69) is 10.3 Å². The standard InChI is InChI=1S/C6H5IN3O/c7-2-1-4-3-9-6(11)10-5(4)8/h1-3H,(H2,8,10,11). The third-order valence-electron chi connectivity index (χ3n) is 1.07. The van der Waals surface area contributed by atoms with Crippen molar-refractivity contribution in [3.8, 4) is 0 Å². The molecule has 0 spiro atoms. The number of carbonyl (C=O) groups is 1. The lowest BCUT2D eigenvalue weighted by atomic mass is 10.2. The van der Waals surface area contributed by atoms with E-state index in [9.17, 15) is 4.79 Å². The Morgan fingerprint density at radius 3 is 2.91 bits per heavy atom. The number of rotatable bonds is 1. The van der Waals surface area contributed by atoms with Gasteiger partial charge in [0.1, 0.15) is 5.84 Å². The Morgan fingerprint density at radius 2 is 2.36 bits per heavy atom. The number of aliphatic imine (C=N–C) groups is 1. The highest BCUT2D eigenvalue weighted by atomic mass is 127. The SMILES string of the molecule is NC1=NC(=O)[N]C=C1C=CI.